The van der Waals surface area contributed by atoms with Crippen LogP contribution in [0.4, 0.5) is 0 Å². The van der Waals surface area contributed by atoms with Gasteiger partial charge in [0.2, 0.25) is 0 Å². The lowest BCUT2D eigenvalue weighted by molar-refractivity contribution is 1.53. The maximum Gasteiger partial charge on any atom is 0.138 e. The Balaban J connectivity index is 3.60. The predicted molar refractivity (Wildman–Crippen MR) is 68.6 cm³/mol. The van der Waals surface area contributed by atoms with E-state index in [9.17, 15) is 0 Å². The molecule has 0 radical (unpaired) electrons. The van der Waals surface area contributed by atoms with Crippen molar-refractivity contribution in [3.05, 3.63) is 11.1 Å². The molecule has 0 saturated heterocycles. The molecule has 12 heavy (non-hydrogen) atoms. The summed E-state index contributed by atoms with van der Waals surface area (Å²) >= 11 is 0. The summed E-state index contributed by atoms with van der Waals surface area (Å²) in [5.74, 6) is 0. The monoisotopic (exact) mass is 154 g/mol. The van der Waals surface area contributed by atoms with Crippen LogP contribution in [-0.4, -0.2) is 31.4 Å². The Morgan fingerprint density at radius 2 is 0.750 bits per heavy atom. The quantitative estimate of drug-likeness (QED) is 0.329. The largest absolute Gasteiger partial charge is 0.138 e. The molecule has 0 aliphatic rings. The third kappa shape index (κ3) is 1.24. The van der Waals surface area contributed by atoms with Crippen LogP contribution in [0.25, 0.3) is 0 Å². The van der Waals surface area contributed by atoms with E-state index in [-0.39, 0.29) is 0 Å². The highest BCUT2D eigenvalue weighted by atomic mass is 14.0. The summed E-state index contributed by atoms with van der Waals surface area (Å²) < 4.78 is 0. The predicted octanol–water partition coefficient (Wildman–Crippen LogP) is -4.66. The Morgan fingerprint density at radius 3 is 0.917 bits per heavy atom. The molecule has 0 aliphatic heterocycles. The van der Waals surface area contributed by atoms with E-state index < -0.39 is 0 Å². The Labute approximate surface area is 78.8 Å². The van der Waals surface area contributed by atoms with Crippen LogP contribution >= 0.6 is 0 Å². The van der Waals surface area contributed by atoms with E-state index in [2.05, 4.69) is 45.2 Å². The highest BCUT2D eigenvalue weighted by Gasteiger charge is 2.06. The molecule has 1 aromatic rings. The zero-order valence-corrected chi connectivity index (χ0v) is 9.00. The lowest BCUT2D eigenvalue weighted by Crippen LogP contribution is -2.45. The van der Waals surface area contributed by atoms with Gasteiger partial charge in [-0.05, 0) is 13.8 Å². The van der Waals surface area contributed by atoms with Gasteiger partial charge in [0.05, 0.1) is 0 Å². The van der Waals surface area contributed by atoms with Crippen molar-refractivity contribution in [2.24, 2.45) is 0 Å². The third-order valence-electron chi connectivity index (χ3n) is 3.38. The van der Waals surface area contributed by atoms with E-state index in [4.69, 9.17) is 0 Å². The average molecular weight is 153 g/mol. The van der Waals surface area contributed by atoms with Gasteiger partial charge in [0.25, 0.3) is 0 Å². The molecular formula is C8H14B4. The zero-order valence-electron chi connectivity index (χ0n) is 9.00. The molecule has 0 N–H and O–H groups in total. The molecule has 0 unspecified atom stereocenters. The van der Waals surface area contributed by atoms with Crippen molar-refractivity contribution < 1.29 is 0 Å². The summed E-state index contributed by atoms with van der Waals surface area (Å²) in [6, 6.07) is 0. The van der Waals surface area contributed by atoms with Crippen LogP contribution in [0.3, 0.4) is 0 Å². The average Bonchev–Trinajstić information content (AvgIpc) is 2.08. The molecule has 0 bridgehead atoms. The number of benzene rings is 1. The summed E-state index contributed by atoms with van der Waals surface area (Å²) in [7, 11) is 8.85. The molecule has 1 rings (SSSR count). The molecule has 0 saturated carbocycles. The minimum Gasteiger partial charge on any atom is -0.0926 e. The first-order valence-corrected chi connectivity index (χ1v) is 4.50. The highest BCUT2D eigenvalue weighted by Crippen LogP contribution is 1.87. The standard InChI is InChI=1S/C8H14B4/c1-3-5(9)7(11)4(2)8(12)6(3)10/h9-12H2,1-2H3. The second-order valence-electron chi connectivity index (χ2n) is 3.75. The minimum absolute atomic E-state index is 1.45. The van der Waals surface area contributed by atoms with Crippen molar-refractivity contribution >= 4 is 53.2 Å². The van der Waals surface area contributed by atoms with E-state index in [1.165, 1.54) is 33.0 Å². The molecule has 0 fully saturated rings. The van der Waals surface area contributed by atoms with Gasteiger partial charge < -0.3 is 0 Å². The summed E-state index contributed by atoms with van der Waals surface area (Å²) in [5.41, 5.74) is 8.73. The third-order valence-corrected chi connectivity index (χ3v) is 3.38. The first kappa shape index (κ1) is 9.57. The van der Waals surface area contributed by atoms with Gasteiger partial charge in [0.15, 0.2) is 0 Å². The van der Waals surface area contributed by atoms with Gasteiger partial charge in [0.1, 0.15) is 31.4 Å². The van der Waals surface area contributed by atoms with Crippen molar-refractivity contribution in [1.29, 1.82) is 0 Å². The first-order chi connectivity index (χ1) is 5.46. The van der Waals surface area contributed by atoms with Crippen molar-refractivity contribution in [3.63, 3.8) is 0 Å². The lowest BCUT2D eigenvalue weighted by atomic mass is 9.65. The minimum atomic E-state index is 1.45. The normalized spacial score (nSPS) is 10.2. The van der Waals surface area contributed by atoms with Crippen LogP contribution in [0.15, 0.2) is 0 Å². The summed E-state index contributed by atoms with van der Waals surface area (Å²) in [4.78, 5) is 0. The first-order valence-electron chi connectivity index (χ1n) is 4.50. The van der Waals surface area contributed by atoms with Crippen LogP contribution in [-0.2, 0) is 0 Å². The molecule has 0 atom stereocenters. The number of hydrogen-bond acceptors (Lipinski definition) is 0. The molecule has 58 valence electrons. The maximum atomic E-state index is 2.21. The van der Waals surface area contributed by atoms with Crippen LogP contribution < -0.4 is 21.9 Å². The van der Waals surface area contributed by atoms with Gasteiger partial charge in [-0.15, -0.1) is 0 Å². The highest BCUT2D eigenvalue weighted by molar-refractivity contribution is 6.57. The van der Waals surface area contributed by atoms with E-state index in [1.54, 1.807) is 0 Å². The van der Waals surface area contributed by atoms with Gasteiger partial charge >= 0.3 is 0 Å². The van der Waals surface area contributed by atoms with Gasteiger partial charge in [-0.3, -0.25) is 0 Å². The van der Waals surface area contributed by atoms with E-state index >= 15 is 0 Å². The Morgan fingerprint density at radius 1 is 0.583 bits per heavy atom. The molecule has 0 amide bonds. The molecule has 0 nitrogen and oxygen atoms in total. The Kier molecular flexibility index (Phi) is 2.46. The van der Waals surface area contributed by atoms with Gasteiger partial charge in [-0.2, -0.15) is 0 Å². The fraction of sp³-hybridized carbons (Fsp3) is 0.250. The number of rotatable bonds is 0. The fourth-order valence-corrected chi connectivity index (χ4v) is 1.69. The molecule has 0 aliphatic carbocycles. The molecule has 0 spiro atoms. The number of hydrogen-bond donors (Lipinski definition) is 0. The summed E-state index contributed by atoms with van der Waals surface area (Å²) in [5, 5.41) is 0. The molecule has 0 heterocycles. The van der Waals surface area contributed by atoms with Crippen LogP contribution in [0.2, 0.25) is 0 Å². The Bertz CT molecular complexity index is 225. The van der Waals surface area contributed by atoms with Crippen molar-refractivity contribution in [2.75, 3.05) is 0 Å². The maximum absolute atomic E-state index is 2.21. The van der Waals surface area contributed by atoms with Crippen LogP contribution in [0.1, 0.15) is 11.1 Å². The van der Waals surface area contributed by atoms with Crippen LogP contribution in [0, 0.1) is 13.8 Å². The topological polar surface area (TPSA) is 0 Å². The SMILES string of the molecule is Bc1c(B)c(C)c(B)c(B)c1C. The molecule has 4 heteroatoms. The molecule has 0 aromatic heterocycles. The molecule has 1 aromatic carbocycles. The zero-order chi connectivity index (χ0) is 9.46. The Hall–Kier alpha value is -0.520. The second-order valence-corrected chi connectivity index (χ2v) is 3.75. The summed E-state index contributed by atoms with van der Waals surface area (Å²) in [6.45, 7) is 4.42. The van der Waals surface area contributed by atoms with Crippen molar-refractivity contribution in [1.82, 2.24) is 0 Å². The van der Waals surface area contributed by atoms with Crippen molar-refractivity contribution in [3.8, 4) is 0 Å². The van der Waals surface area contributed by atoms with Crippen LogP contribution in [0.5, 0.6) is 0 Å². The summed E-state index contributed by atoms with van der Waals surface area (Å²) in [6.07, 6.45) is 0. The fourth-order valence-electron chi connectivity index (χ4n) is 1.69. The van der Waals surface area contributed by atoms with Gasteiger partial charge in [0, 0.05) is 0 Å². The van der Waals surface area contributed by atoms with E-state index in [0.717, 1.165) is 0 Å². The van der Waals surface area contributed by atoms with E-state index in [1.807, 2.05) is 0 Å². The van der Waals surface area contributed by atoms with E-state index in [0.29, 0.717) is 0 Å². The van der Waals surface area contributed by atoms with Crippen molar-refractivity contribution in [2.45, 2.75) is 13.8 Å². The smallest absolute Gasteiger partial charge is 0.0926 e. The van der Waals surface area contributed by atoms with Gasteiger partial charge in [-0.1, -0.05) is 33.0 Å². The second kappa shape index (κ2) is 3.08. The van der Waals surface area contributed by atoms with Gasteiger partial charge in [-0.25, -0.2) is 0 Å². The lowest BCUT2D eigenvalue weighted by Gasteiger charge is -2.16. The molecular weight excluding hydrogens is 139 g/mol.